The van der Waals surface area contributed by atoms with Gasteiger partial charge in [0, 0.05) is 17.8 Å². The number of carbonyl (C=O) groups excluding carboxylic acids is 3. The number of benzene rings is 2. The second-order valence-electron chi connectivity index (χ2n) is 8.56. The third kappa shape index (κ3) is 8.14. The highest BCUT2D eigenvalue weighted by Crippen LogP contribution is 2.20. The van der Waals surface area contributed by atoms with Crippen LogP contribution in [0.5, 0.6) is 5.75 Å². The summed E-state index contributed by atoms with van der Waals surface area (Å²) >= 11 is 0. The molecule has 2 amide bonds. The van der Waals surface area contributed by atoms with Gasteiger partial charge in [0.1, 0.15) is 11.8 Å². The molecular weight excluding hydrogens is 446 g/mol. The molecule has 0 aliphatic rings. The number of hydrogen-bond acceptors (Lipinski definition) is 6. The Kier molecular flexibility index (Phi) is 10.3. The third-order valence-corrected chi connectivity index (χ3v) is 5.24. The van der Waals surface area contributed by atoms with Crippen LogP contribution in [0.15, 0.2) is 42.5 Å². The van der Waals surface area contributed by atoms with Crippen molar-refractivity contribution < 1.29 is 23.9 Å². The SMILES string of the molecule is CCOc1ccc(C(=O)NC(C(=O)OCC(=O)N(CCC#N)c2cc(C)cc(C)c2)C(C)C)cc1. The Morgan fingerprint density at radius 2 is 1.69 bits per heavy atom. The molecule has 0 radical (unpaired) electrons. The summed E-state index contributed by atoms with van der Waals surface area (Å²) in [5.74, 6) is -1.20. The molecule has 2 aromatic carbocycles. The van der Waals surface area contributed by atoms with Crippen LogP contribution in [0.25, 0.3) is 0 Å². The van der Waals surface area contributed by atoms with Gasteiger partial charge in [-0.15, -0.1) is 0 Å². The van der Waals surface area contributed by atoms with Crippen molar-refractivity contribution in [3.8, 4) is 11.8 Å². The highest BCUT2D eigenvalue weighted by molar-refractivity contribution is 5.98. The van der Waals surface area contributed by atoms with Crippen molar-refractivity contribution in [3.63, 3.8) is 0 Å². The number of anilines is 1. The summed E-state index contributed by atoms with van der Waals surface area (Å²) in [6.07, 6.45) is 0.138. The van der Waals surface area contributed by atoms with Crippen molar-refractivity contribution in [2.24, 2.45) is 5.92 Å². The lowest BCUT2D eigenvalue weighted by Gasteiger charge is -2.24. The lowest BCUT2D eigenvalue weighted by atomic mass is 10.0. The normalized spacial score (nSPS) is 11.3. The van der Waals surface area contributed by atoms with Gasteiger partial charge in [-0.25, -0.2) is 4.79 Å². The lowest BCUT2D eigenvalue weighted by Crippen LogP contribution is -2.46. The number of carbonyl (C=O) groups is 3. The highest BCUT2D eigenvalue weighted by Gasteiger charge is 2.28. The van der Waals surface area contributed by atoms with Crippen LogP contribution in [0, 0.1) is 31.1 Å². The number of amides is 2. The van der Waals surface area contributed by atoms with Gasteiger partial charge in [0.2, 0.25) is 0 Å². The summed E-state index contributed by atoms with van der Waals surface area (Å²) in [5, 5.41) is 11.7. The Morgan fingerprint density at radius 1 is 1.06 bits per heavy atom. The Hall–Kier alpha value is -3.86. The molecule has 0 heterocycles. The Morgan fingerprint density at radius 3 is 2.23 bits per heavy atom. The largest absolute Gasteiger partial charge is 0.494 e. The predicted octanol–water partition coefficient (Wildman–Crippen LogP) is 3.95. The molecule has 2 aromatic rings. The lowest BCUT2D eigenvalue weighted by molar-refractivity contribution is -0.150. The van der Waals surface area contributed by atoms with E-state index in [1.54, 1.807) is 38.1 Å². The molecule has 2 rings (SSSR count). The molecule has 0 saturated heterocycles. The molecule has 0 saturated carbocycles. The third-order valence-electron chi connectivity index (χ3n) is 5.24. The van der Waals surface area contributed by atoms with Gasteiger partial charge in [0.25, 0.3) is 11.8 Å². The molecular formula is C27H33N3O5. The molecule has 1 unspecified atom stereocenters. The van der Waals surface area contributed by atoms with Crippen molar-refractivity contribution >= 4 is 23.5 Å². The molecule has 0 spiro atoms. The molecule has 1 N–H and O–H groups in total. The summed E-state index contributed by atoms with van der Waals surface area (Å²) in [6.45, 7) is 9.46. The van der Waals surface area contributed by atoms with E-state index in [1.807, 2.05) is 45.0 Å². The summed E-state index contributed by atoms with van der Waals surface area (Å²) in [7, 11) is 0. The maximum absolute atomic E-state index is 12.9. The van der Waals surface area contributed by atoms with Crippen molar-refractivity contribution in [2.75, 3.05) is 24.7 Å². The average molecular weight is 480 g/mol. The molecule has 35 heavy (non-hydrogen) atoms. The van der Waals surface area contributed by atoms with Gasteiger partial charge in [-0.05, 0) is 74.2 Å². The van der Waals surface area contributed by atoms with E-state index in [0.717, 1.165) is 11.1 Å². The van der Waals surface area contributed by atoms with Gasteiger partial charge >= 0.3 is 5.97 Å². The number of nitrogens with zero attached hydrogens (tertiary/aromatic N) is 2. The van der Waals surface area contributed by atoms with Crippen LogP contribution in [0.3, 0.4) is 0 Å². The van der Waals surface area contributed by atoms with Crippen LogP contribution in [0.4, 0.5) is 5.69 Å². The number of nitriles is 1. The van der Waals surface area contributed by atoms with E-state index in [0.29, 0.717) is 23.6 Å². The van der Waals surface area contributed by atoms with Gasteiger partial charge in [0.05, 0.1) is 19.1 Å². The molecule has 0 aliphatic heterocycles. The highest BCUT2D eigenvalue weighted by atomic mass is 16.5. The fourth-order valence-corrected chi connectivity index (χ4v) is 3.56. The van der Waals surface area contributed by atoms with Gasteiger partial charge in [-0.2, -0.15) is 5.26 Å². The monoisotopic (exact) mass is 479 g/mol. The van der Waals surface area contributed by atoms with Crippen LogP contribution in [0.1, 0.15) is 48.7 Å². The smallest absolute Gasteiger partial charge is 0.329 e. The minimum atomic E-state index is -0.935. The molecule has 8 heteroatoms. The Labute approximate surface area is 206 Å². The van der Waals surface area contributed by atoms with Crippen molar-refractivity contribution in [2.45, 2.75) is 47.1 Å². The molecule has 0 aromatic heterocycles. The van der Waals surface area contributed by atoms with Crippen LogP contribution >= 0.6 is 0 Å². The number of esters is 1. The summed E-state index contributed by atoms with van der Waals surface area (Å²) in [6, 6.07) is 13.4. The van der Waals surface area contributed by atoms with Gasteiger partial charge in [0.15, 0.2) is 6.61 Å². The maximum Gasteiger partial charge on any atom is 0.329 e. The topological polar surface area (TPSA) is 109 Å². The first-order valence-corrected chi connectivity index (χ1v) is 11.6. The van der Waals surface area contributed by atoms with Crippen molar-refractivity contribution in [1.82, 2.24) is 5.32 Å². The molecule has 1 atom stereocenters. The van der Waals surface area contributed by atoms with E-state index in [2.05, 4.69) is 5.32 Å². The van der Waals surface area contributed by atoms with Crippen molar-refractivity contribution in [3.05, 3.63) is 59.2 Å². The minimum Gasteiger partial charge on any atom is -0.494 e. The Bertz CT molecular complexity index is 1050. The quantitative estimate of drug-likeness (QED) is 0.489. The van der Waals surface area contributed by atoms with Crippen LogP contribution in [-0.2, 0) is 14.3 Å². The maximum atomic E-state index is 12.9. The van der Waals surface area contributed by atoms with E-state index in [1.165, 1.54) is 4.90 Å². The first kappa shape index (κ1) is 27.4. The van der Waals surface area contributed by atoms with Crippen LogP contribution in [-0.4, -0.2) is 43.6 Å². The summed E-state index contributed by atoms with van der Waals surface area (Å²) < 4.78 is 10.7. The second kappa shape index (κ2) is 13.1. The van der Waals surface area contributed by atoms with E-state index in [4.69, 9.17) is 14.7 Å². The summed E-state index contributed by atoms with van der Waals surface area (Å²) in [4.78, 5) is 39.9. The molecule has 0 fully saturated rings. The Balaban J connectivity index is 2.07. The minimum absolute atomic E-state index is 0.138. The van der Waals surface area contributed by atoms with E-state index in [-0.39, 0.29) is 18.9 Å². The standard InChI is InChI=1S/C27H33N3O5/c1-6-34-23-10-8-21(9-11-23)26(32)29-25(18(2)3)27(33)35-17-24(31)30(13-7-12-28)22-15-19(4)14-20(5)16-22/h8-11,14-16,18,25H,6-7,13,17H2,1-5H3,(H,29,32). The zero-order valence-corrected chi connectivity index (χ0v) is 21.0. The fourth-order valence-electron chi connectivity index (χ4n) is 3.56. The zero-order chi connectivity index (χ0) is 26.0. The average Bonchev–Trinajstić information content (AvgIpc) is 2.81. The van der Waals surface area contributed by atoms with E-state index >= 15 is 0 Å². The van der Waals surface area contributed by atoms with Gasteiger partial charge in [-0.3, -0.25) is 9.59 Å². The van der Waals surface area contributed by atoms with Gasteiger partial charge in [-0.1, -0.05) is 19.9 Å². The fraction of sp³-hybridized carbons (Fsp3) is 0.407. The van der Waals surface area contributed by atoms with Crippen molar-refractivity contribution in [1.29, 1.82) is 5.26 Å². The van der Waals surface area contributed by atoms with Gasteiger partial charge < -0.3 is 19.7 Å². The van der Waals surface area contributed by atoms with Crippen LogP contribution in [0.2, 0.25) is 0 Å². The van der Waals surface area contributed by atoms with Crippen LogP contribution < -0.4 is 15.0 Å². The molecule has 186 valence electrons. The number of rotatable bonds is 11. The zero-order valence-electron chi connectivity index (χ0n) is 21.0. The first-order valence-electron chi connectivity index (χ1n) is 11.6. The number of ether oxygens (including phenoxy) is 2. The van der Waals surface area contributed by atoms with E-state index < -0.39 is 30.4 Å². The first-order chi connectivity index (χ1) is 16.7. The molecule has 0 aliphatic carbocycles. The molecule has 8 nitrogen and oxygen atoms in total. The number of nitrogens with one attached hydrogen (secondary N) is 1. The predicted molar refractivity (Wildman–Crippen MR) is 133 cm³/mol. The summed E-state index contributed by atoms with van der Waals surface area (Å²) in [5.41, 5.74) is 2.97. The van der Waals surface area contributed by atoms with E-state index in [9.17, 15) is 14.4 Å². The molecule has 0 bridgehead atoms. The second-order valence-corrected chi connectivity index (χ2v) is 8.56. The number of hydrogen-bond donors (Lipinski definition) is 1. The number of aryl methyl sites for hydroxylation is 2.